The van der Waals surface area contributed by atoms with Gasteiger partial charge in [-0.1, -0.05) is 98.4 Å². The summed E-state index contributed by atoms with van der Waals surface area (Å²) in [6.45, 7) is 16.3. The number of benzene rings is 1. The SMILES string of the molecule is C=C/C=C(\C=C/C)C(CC)C1=CCCC=C1.CCC(=O)NC1CCNCC1.Cc1cccc(C)c1. The van der Waals surface area contributed by atoms with E-state index in [4.69, 9.17) is 0 Å². The second-order valence-corrected chi connectivity index (χ2v) is 9.15. The number of rotatable bonds is 7. The lowest BCUT2D eigenvalue weighted by Crippen LogP contribution is -2.42. The van der Waals surface area contributed by atoms with Gasteiger partial charge in [0.2, 0.25) is 5.91 Å². The lowest BCUT2D eigenvalue weighted by Gasteiger charge is -2.23. The Morgan fingerprint density at radius 2 is 1.86 bits per heavy atom. The van der Waals surface area contributed by atoms with Crippen LogP contribution in [0, 0.1) is 19.8 Å². The smallest absolute Gasteiger partial charge is 0.219 e. The van der Waals surface area contributed by atoms with E-state index in [1.807, 2.05) is 13.0 Å². The van der Waals surface area contributed by atoms with Gasteiger partial charge in [-0.05, 0) is 77.1 Å². The number of aryl methyl sites for hydroxylation is 2. The monoisotopic (exact) mass is 476 g/mol. The van der Waals surface area contributed by atoms with Crippen molar-refractivity contribution >= 4 is 5.91 Å². The van der Waals surface area contributed by atoms with Crippen molar-refractivity contribution in [2.24, 2.45) is 5.92 Å². The number of hydrogen-bond donors (Lipinski definition) is 2. The van der Waals surface area contributed by atoms with Gasteiger partial charge >= 0.3 is 0 Å². The number of carbonyl (C=O) groups excluding carboxylic acids is 1. The second-order valence-electron chi connectivity index (χ2n) is 9.15. The molecule has 2 N–H and O–H groups in total. The average Bonchev–Trinajstić information content (AvgIpc) is 2.87. The van der Waals surface area contributed by atoms with E-state index in [9.17, 15) is 4.79 Å². The Balaban J connectivity index is 0.000000279. The molecule has 2 aliphatic rings. The average molecular weight is 477 g/mol. The zero-order valence-corrected chi connectivity index (χ0v) is 22.8. The van der Waals surface area contributed by atoms with Crippen LogP contribution in [-0.2, 0) is 4.79 Å². The Hall–Kier alpha value is -2.65. The summed E-state index contributed by atoms with van der Waals surface area (Å²) in [5.74, 6) is 0.697. The third kappa shape index (κ3) is 13.1. The zero-order valence-electron chi connectivity index (χ0n) is 22.8. The lowest BCUT2D eigenvalue weighted by molar-refractivity contribution is -0.121. The minimum absolute atomic E-state index is 0.178. The fraction of sp³-hybridized carbons (Fsp3) is 0.469. The van der Waals surface area contributed by atoms with Crippen molar-refractivity contribution in [1.82, 2.24) is 10.6 Å². The van der Waals surface area contributed by atoms with Crippen molar-refractivity contribution in [2.75, 3.05) is 13.1 Å². The van der Waals surface area contributed by atoms with E-state index in [-0.39, 0.29) is 5.91 Å². The predicted molar refractivity (Wildman–Crippen MR) is 154 cm³/mol. The molecule has 1 aliphatic carbocycles. The standard InChI is InChI=1S/C16H22.C8H16N2O.C8H10/c1-4-10-14(11-5-2)16(6-3)15-12-8-7-9-13-15;1-2-8(11)10-7-3-5-9-6-4-7;1-7-4-3-5-8(2)6-7/h4-5,8,10-13,16H,1,6-7,9H2,2-3H3;7,9H,2-6H2,1H3,(H,10,11);3-6H,1-2H3/b11-5-,14-10+;;. The van der Waals surface area contributed by atoms with Crippen LogP contribution < -0.4 is 10.6 Å². The molecule has 1 fully saturated rings. The molecule has 0 bridgehead atoms. The van der Waals surface area contributed by atoms with Crippen molar-refractivity contribution in [2.45, 2.75) is 79.2 Å². The molecule has 1 aromatic rings. The highest BCUT2D eigenvalue weighted by molar-refractivity contribution is 5.75. The van der Waals surface area contributed by atoms with Crippen molar-refractivity contribution < 1.29 is 4.79 Å². The molecule has 3 nitrogen and oxygen atoms in total. The molecule has 3 heteroatoms. The summed E-state index contributed by atoms with van der Waals surface area (Å²) >= 11 is 0. The van der Waals surface area contributed by atoms with Crippen LogP contribution in [0.15, 0.2) is 84.5 Å². The molecule has 1 aliphatic heterocycles. The third-order valence-electron chi connectivity index (χ3n) is 6.11. The summed E-state index contributed by atoms with van der Waals surface area (Å²) < 4.78 is 0. The van der Waals surface area contributed by atoms with Gasteiger partial charge < -0.3 is 10.6 Å². The van der Waals surface area contributed by atoms with Crippen LogP contribution in [0.2, 0.25) is 0 Å². The predicted octanol–water partition coefficient (Wildman–Crippen LogP) is 7.55. The van der Waals surface area contributed by atoms with Gasteiger partial charge in [0.05, 0.1) is 0 Å². The van der Waals surface area contributed by atoms with E-state index in [1.165, 1.54) is 35.1 Å². The first-order valence-electron chi connectivity index (χ1n) is 13.3. The molecule has 0 radical (unpaired) electrons. The Kier molecular flexibility index (Phi) is 16.2. The minimum Gasteiger partial charge on any atom is -0.353 e. The van der Waals surface area contributed by atoms with E-state index < -0.39 is 0 Å². The first kappa shape index (κ1) is 30.4. The topological polar surface area (TPSA) is 41.1 Å². The molecule has 1 amide bonds. The fourth-order valence-corrected chi connectivity index (χ4v) is 4.28. The molecule has 1 heterocycles. The van der Waals surface area contributed by atoms with E-state index in [1.54, 1.807) is 0 Å². The van der Waals surface area contributed by atoms with Crippen LogP contribution in [0.5, 0.6) is 0 Å². The highest BCUT2D eigenvalue weighted by atomic mass is 16.1. The largest absolute Gasteiger partial charge is 0.353 e. The number of piperidine rings is 1. The minimum atomic E-state index is 0.178. The van der Waals surface area contributed by atoms with Gasteiger partial charge in [0.25, 0.3) is 0 Å². The first-order valence-corrected chi connectivity index (χ1v) is 13.3. The van der Waals surface area contributed by atoms with E-state index in [0.717, 1.165) is 32.4 Å². The maximum absolute atomic E-state index is 10.9. The molecule has 0 aromatic heterocycles. The number of amides is 1. The molecule has 192 valence electrons. The number of allylic oxidation sites excluding steroid dienone is 9. The van der Waals surface area contributed by atoms with Crippen LogP contribution in [0.25, 0.3) is 0 Å². The van der Waals surface area contributed by atoms with Crippen molar-refractivity contribution in [3.8, 4) is 0 Å². The van der Waals surface area contributed by atoms with Crippen molar-refractivity contribution in [3.63, 3.8) is 0 Å². The van der Waals surface area contributed by atoms with Crippen molar-refractivity contribution in [1.29, 1.82) is 0 Å². The molecule has 0 saturated carbocycles. The molecule has 1 unspecified atom stereocenters. The van der Waals surface area contributed by atoms with Gasteiger partial charge in [-0.15, -0.1) is 0 Å². The summed E-state index contributed by atoms with van der Waals surface area (Å²) in [5, 5.41) is 6.24. The molecular formula is C32H48N2O. The van der Waals surface area contributed by atoms with Crippen LogP contribution in [0.4, 0.5) is 0 Å². The molecule has 1 saturated heterocycles. The lowest BCUT2D eigenvalue weighted by atomic mass is 9.85. The van der Waals surface area contributed by atoms with Gasteiger partial charge in [0, 0.05) is 18.4 Å². The van der Waals surface area contributed by atoms with E-state index >= 15 is 0 Å². The molecule has 0 spiro atoms. The number of carbonyl (C=O) groups is 1. The van der Waals surface area contributed by atoms with Gasteiger partial charge in [-0.2, -0.15) is 0 Å². The molecule has 3 rings (SSSR count). The highest BCUT2D eigenvalue weighted by Crippen LogP contribution is 2.28. The van der Waals surface area contributed by atoms with Crippen LogP contribution in [0.3, 0.4) is 0 Å². The zero-order chi connectivity index (χ0) is 25.9. The fourth-order valence-electron chi connectivity index (χ4n) is 4.28. The van der Waals surface area contributed by atoms with Gasteiger partial charge in [-0.25, -0.2) is 0 Å². The Morgan fingerprint density at radius 1 is 1.17 bits per heavy atom. The van der Waals surface area contributed by atoms with Crippen molar-refractivity contribution in [3.05, 3.63) is 95.6 Å². The first-order chi connectivity index (χ1) is 16.9. The number of hydrogen-bond acceptors (Lipinski definition) is 2. The van der Waals surface area contributed by atoms with Gasteiger partial charge in [-0.3, -0.25) is 4.79 Å². The third-order valence-corrected chi connectivity index (χ3v) is 6.11. The van der Waals surface area contributed by atoms with Gasteiger partial charge in [0.15, 0.2) is 0 Å². The number of nitrogens with one attached hydrogen (secondary N) is 2. The quantitative estimate of drug-likeness (QED) is 0.399. The summed E-state index contributed by atoms with van der Waals surface area (Å²) in [6.07, 6.45) is 21.5. The summed E-state index contributed by atoms with van der Waals surface area (Å²) in [5.41, 5.74) is 5.49. The summed E-state index contributed by atoms with van der Waals surface area (Å²) in [7, 11) is 0. The second kappa shape index (κ2) is 18.6. The van der Waals surface area contributed by atoms with E-state index in [2.05, 4.69) is 106 Å². The molecule has 35 heavy (non-hydrogen) atoms. The molecule has 1 aromatic carbocycles. The Morgan fingerprint density at radius 3 is 2.31 bits per heavy atom. The molecular weight excluding hydrogens is 428 g/mol. The Bertz CT molecular complexity index is 852. The van der Waals surface area contributed by atoms with E-state index in [0.29, 0.717) is 18.4 Å². The summed E-state index contributed by atoms with van der Waals surface area (Å²) in [6, 6.07) is 8.87. The maximum atomic E-state index is 10.9. The normalized spacial score (nSPS) is 16.8. The Labute approximate surface area is 215 Å². The maximum Gasteiger partial charge on any atom is 0.219 e. The van der Waals surface area contributed by atoms with Crippen LogP contribution in [-0.4, -0.2) is 25.0 Å². The molecule has 1 atom stereocenters. The van der Waals surface area contributed by atoms with Crippen LogP contribution in [0.1, 0.15) is 70.4 Å². The van der Waals surface area contributed by atoms with Crippen LogP contribution >= 0.6 is 0 Å². The summed E-state index contributed by atoms with van der Waals surface area (Å²) in [4.78, 5) is 10.9. The highest BCUT2D eigenvalue weighted by Gasteiger charge is 2.14. The van der Waals surface area contributed by atoms with Gasteiger partial charge in [0.1, 0.15) is 0 Å².